The van der Waals surface area contributed by atoms with Crippen molar-refractivity contribution in [3.05, 3.63) is 59.9 Å². The van der Waals surface area contributed by atoms with Crippen molar-refractivity contribution in [2.24, 2.45) is 0 Å². The molecule has 0 amide bonds. The summed E-state index contributed by atoms with van der Waals surface area (Å²) < 4.78 is 5.52. The second-order valence-corrected chi connectivity index (χ2v) is 5.37. The fraction of sp³-hybridized carbons (Fsp3) is 0.333. The zero-order valence-corrected chi connectivity index (χ0v) is 12.6. The molecule has 0 saturated carbocycles. The maximum Gasteiger partial charge on any atom is 0.170 e. The lowest BCUT2D eigenvalue weighted by atomic mass is 10.0. The highest BCUT2D eigenvalue weighted by Gasteiger charge is 2.05. The van der Waals surface area contributed by atoms with Crippen LogP contribution >= 0.6 is 0 Å². The number of carbonyl (C=O) groups excluding carboxylic acids is 1. The number of aromatic nitrogens is 1. The molecular weight excluding hydrogens is 262 g/mol. The number of nitrogens with zero attached hydrogens (tertiary/aromatic N) is 1. The molecule has 0 spiro atoms. The van der Waals surface area contributed by atoms with Crippen molar-refractivity contribution in [1.29, 1.82) is 0 Å². The van der Waals surface area contributed by atoms with Gasteiger partial charge in [0.15, 0.2) is 5.78 Å². The topological polar surface area (TPSA) is 39.2 Å². The Hall–Kier alpha value is -2.16. The molecule has 0 saturated heterocycles. The number of hydrogen-bond acceptors (Lipinski definition) is 3. The number of aryl methyl sites for hydroxylation is 1. The van der Waals surface area contributed by atoms with Gasteiger partial charge < -0.3 is 4.74 Å². The van der Waals surface area contributed by atoms with Crippen molar-refractivity contribution >= 4 is 5.78 Å². The summed E-state index contributed by atoms with van der Waals surface area (Å²) in [6, 6.07) is 13.6. The van der Waals surface area contributed by atoms with Gasteiger partial charge in [-0.2, -0.15) is 0 Å². The largest absolute Gasteiger partial charge is 0.486 e. The first-order valence-electron chi connectivity index (χ1n) is 7.29. The molecule has 0 atom stereocenters. The van der Waals surface area contributed by atoms with Crippen molar-refractivity contribution in [1.82, 2.24) is 4.98 Å². The van der Waals surface area contributed by atoms with Gasteiger partial charge in [0.2, 0.25) is 0 Å². The summed E-state index contributed by atoms with van der Waals surface area (Å²) in [5, 5.41) is 0. The molecular formula is C18H21NO2. The summed E-state index contributed by atoms with van der Waals surface area (Å²) >= 11 is 0. The molecule has 21 heavy (non-hydrogen) atoms. The van der Waals surface area contributed by atoms with E-state index in [2.05, 4.69) is 18.8 Å². The molecule has 110 valence electrons. The molecule has 1 aromatic heterocycles. The molecule has 0 radical (unpaired) electrons. The Labute approximate surface area is 126 Å². The van der Waals surface area contributed by atoms with Crippen LogP contribution < -0.4 is 4.74 Å². The molecule has 0 N–H and O–H groups in total. The molecule has 0 aliphatic rings. The molecule has 0 aliphatic heterocycles. The first kappa shape index (κ1) is 15.2. The third kappa shape index (κ3) is 5.03. The van der Waals surface area contributed by atoms with Crippen LogP contribution in [0, 0.1) is 0 Å². The summed E-state index contributed by atoms with van der Waals surface area (Å²) in [5.74, 6) is 1.33. The van der Waals surface area contributed by atoms with Crippen molar-refractivity contribution < 1.29 is 9.53 Å². The number of pyridine rings is 1. The predicted octanol–water partition coefficient (Wildman–Crippen LogP) is 3.79. The van der Waals surface area contributed by atoms with Gasteiger partial charge in [0.25, 0.3) is 0 Å². The molecule has 1 aromatic carbocycles. The van der Waals surface area contributed by atoms with Crippen LogP contribution in [0.15, 0.2) is 48.7 Å². The number of benzene rings is 1. The number of ether oxygens (including phenoxy) is 1. The van der Waals surface area contributed by atoms with E-state index in [9.17, 15) is 4.79 Å². The predicted molar refractivity (Wildman–Crippen MR) is 83.6 cm³/mol. The third-order valence-electron chi connectivity index (χ3n) is 3.33. The lowest BCUT2D eigenvalue weighted by Crippen LogP contribution is -2.12. The highest BCUT2D eigenvalue weighted by atomic mass is 16.5. The van der Waals surface area contributed by atoms with E-state index < -0.39 is 0 Å². The monoisotopic (exact) mass is 283 g/mol. The van der Waals surface area contributed by atoms with Gasteiger partial charge in [-0.1, -0.05) is 32.0 Å². The summed E-state index contributed by atoms with van der Waals surface area (Å²) in [4.78, 5) is 16.0. The van der Waals surface area contributed by atoms with Crippen LogP contribution in [0.4, 0.5) is 0 Å². The summed E-state index contributed by atoms with van der Waals surface area (Å²) in [5.41, 5.74) is 2.20. The number of hydrogen-bond donors (Lipinski definition) is 0. The number of rotatable bonds is 7. The van der Waals surface area contributed by atoms with E-state index in [4.69, 9.17) is 4.74 Å². The van der Waals surface area contributed by atoms with Crippen molar-refractivity contribution in [3.63, 3.8) is 0 Å². The van der Waals surface area contributed by atoms with Crippen molar-refractivity contribution in [2.75, 3.05) is 6.61 Å². The number of ketones is 1. The highest BCUT2D eigenvalue weighted by Crippen LogP contribution is 2.18. The van der Waals surface area contributed by atoms with Gasteiger partial charge in [0.1, 0.15) is 12.4 Å². The van der Waals surface area contributed by atoms with E-state index in [-0.39, 0.29) is 12.4 Å². The minimum atomic E-state index is 0.0913. The van der Waals surface area contributed by atoms with E-state index in [0.29, 0.717) is 18.8 Å². The van der Waals surface area contributed by atoms with Gasteiger partial charge in [-0.25, -0.2) is 0 Å². The van der Waals surface area contributed by atoms with Crippen LogP contribution in [-0.2, 0) is 11.2 Å². The van der Waals surface area contributed by atoms with Crippen LogP contribution in [-0.4, -0.2) is 17.4 Å². The van der Waals surface area contributed by atoms with Crippen molar-refractivity contribution in [3.8, 4) is 5.75 Å². The van der Waals surface area contributed by atoms with Crippen LogP contribution in [0.25, 0.3) is 0 Å². The zero-order chi connectivity index (χ0) is 15.1. The van der Waals surface area contributed by atoms with Gasteiger partial charge in [-0.05, 0) is 42.2 Å². The van der Waals surface area contributed by atoms with Crippen molar-refractivity contribution in [2.45, 2.75) is 32.6 Å². The maximum absolute atomic E-state index is 11.8. The van der Waals surface area contributed by atoms with Gasteiger partial charge >= 0.3 is 0 Å². The summed E-state index contributed by atoms with van der Waals surface area (Å²) in [6.45, 7) is 4.42. The summed E-state index contributed by atoms with van der Waals surface area (Å²) in [7, 11) is 0. The van der Waals surface area contributed by atoms with Gasteiger partial charge in [-0.3, -0.25) is 9.78 Å². The molecule has 3 nitrogen and oxygen atoms in total. The average molecular weight is 283 g/mol. The Kier molecular flexibility index (Phi) is 5.50. The Morgan fingerprint density at radius 1 is 1.14 bits per heavy atom. The SMILES string of the molecule is CC(C)c1ccc(OCC(=O)CCc2ccccn2)cc1. The number of carbonyl (C=O) groups is 1. The van der Waals surface area contributed by atoms with Crippen LogP contribution in [0.5, 0.6) is 5.75 Å². The molecule has 1 heterocycles. The van der Waals surface area contributed by atoms with Crippen LogP contribution in [0.1, 0.15) is 37.4 Å². The van der Waals surface area contributed by atoms with E-state index in [0.717, 1.165) is 11.4 Å². The first-order valence-corrected chi connectivity index (χ1v) is 7.29. The fourth-order valence-electron chi connectivity index (χ4n) is 2.00. The Morgan fingerprint density at radius 3 is 2.52 bits per heavy atom. The molecule has 0 fully saturated rings. The maximum atomic E-state index is 11.8. The normalized spacial score (nSPS) is 10.6. The van der Waals surface area contributed by atoms with E-state index >= 15 is 0 Å². The Morgan fingerprint density at radius 2 is 1.90 bits per heavy atom. The van der Waals surface area contributed by atoms with Crippen LogP contribution in [0.3, 0.4) is 0 Å². The standard InChI is InChI=1S/C18H21NO2/c1-14(2)15-6-10-18(11-7-15)21-13-17(20)9-8-16-5-3-4-12-19-16/h3-7,10-12,14H,8-9,13H2,1-2H3. The minimum absolute atomic E-state index is 0.0913. The molecule has 0 unspecified atom stereocenters. The molecule has 0 aliphatic carbocycles. The summed E-state index contributed by atoms with van der Waals surface area (Å²) in [6.07, 6.45) is 2.86. The van der Waals surface area contributed by atoms with E-state index in [1.165, 1.54) is 5.56 Å². The minimum Gasteiger partial charge on any atom is -0.486 e. The average Bonchev–Trinajstić information content (AvgIpc) is 2.52. The first-order chi connectivity index (χ1) is 10.1. The molecule has 0 bridgehead atoms. The van der Waals surface area contributed by atoms with Gasteiger partial charge in [0, 0.05) is 18.3 Å². The smallest absolute Gasteiger partial charge is 0.170 e. The van der Waals surface area contributed by atoms with E-state index in [1.807, 2.05) is 42.5 Å². The Bertz CT molecular complexity index is 562. The second kappa shape index (κ2) is 7.58. The Balaban J connectivity index is 1.76. The third-order valence-corrected chi connectivity index (χ3v) is 3.33. The quantitative estimate of drug-likeness (QED) is 0.776. The van der Waals surface area contributed by atoms with Gasteiger partial charge in [-0.15, -0.1) is 0 Å². The molecule has 2 rings (SSSR count). The van der Waals surface area contributed by atoms with Crippen LogP contribution in [0.2, 0.25) is 0 Å². The lowest BCUT2D eigenvalue weighted by molar-refractivity contribution is -0.121. The zero-order valence-electron chi connectivity index (χ0n) is 12.6. The molecule has 2 aromatic rings. The van der Waals surface area contributed by atoms with Gasteiger partial charge in [0.05, 0.1) is 0 Å². The van der Waals surface area contributed by atoms with E-state index in [1.54, 1.807) is 6.20 Å². The second-order valence-electron chi connectivity index (χ2n) is 5.37. The molecule has 3 heteroatoms. The number of Topliss-reactive ketones (excluding diaryl/α,β-unsaturated/α-hetero) is 1. The lowest BCUT2D eigenvalue weighted by Gasteiger charge is -2.08. The fourth-order valence-corrected chi connectivity index (χ4v) is 2.00. The highest BCUT2D eigenvalue weighted by molar-refractivity contribution is 5.80.